The van der Waals surface area contributed by atoms with E-state index in [9.17, 15) is 13.2 Å². The van der Waals surface area contributed by atoms with Crippen molar-refractivity contribution in [3.05, 3.63) is 0 Å². The zero-order valence-electron chi connectivity index (χ0n) is 11.8. The fourth-order valence-electron chi connectivity index (χ4n) is 2.87. The van der Waals surface area contributed by atoms with Crippen LogP contribution in [0.5, 0.6) is 0 Å². The van der Waals surface area contributed by atoms with Crippen LogP contribution in [-0.2, 0) is 14.6 Å². The van der Waals surface area contributed by atoms with Crippen LogP contribution in [-0.4, -0.2) is 56.4 Å². The molecule has 2 saturated heterocycles. The van der Waals surface area contributed by atoms with Crippen LogP contribution in [0, 0.1) is 5.41 Å². The summed E-state index contributed by atoms with van der Waals surface area (Å²) in [5, 5.41) is 2.88. The Labute approximate surface area is 115 Å². The summed E-state index contributed by atoms with van der Waals surface area (Å²) in [7, 11) is -3.01. The van der Waals surface area contributed by atoms with Crippen molar-refractivity contribution in [2.24, 2.45) is 5.41 Å². The van der Waals surface area contributed by atoms with Gasteiger partial charge in [-0.25, -0.2) is 8.42 Å². The SMILES string of the molecule is CC1(C)CNCCN(CC2CCCCS2(=O)=O)C1=O. The number of nitrogens with zero attached hydrogens (tertiary/aromatic N) is 1. The highest BCUT2D eigenvalue weighted by Crippen LogP contribution is 2.24. The second kappa shape index (κ2) is 5.40. The van der Waals surface area contributed by atoms with Crippen LogP contribution in [0.1, 0.15) is 33.1 Å². The third kappa shape index (κ3) is 3.28. The predicted molar refractivity (Wildman–Crippen MR) is 74.7 cm³/mol. The molecule has 1 N–H and O–H groups in total. The summed E-state index contributed by atoms with van der Waals surface area (Å²) in [5.74, 6) is 0.347. The molecule has 110 valence electrons. The first-order valence-corrected chi connectivity index (χ1v) is 8.76. The Morgan fingerprint density at radius 1 is 1.37 bits per heavy atom. The minimum atomic E-state index is -3.01. The van der Waals surface area contributed by atoms with Gasteiger partial charge in [-0.2, -0.15) is 0 Å². The molecule has 2 heterocycles. The van der Waals surface area contributed by atoms with Crippen LogP contribution >= 0.6 is 0 Å². The molecule has 2 aliphatic heterocycles. The quantitative estimate of drug-likeness (QED) is 0.799. The van der Waals surface area contributed by atoms with Crippen LogP contribution in [0.4, 0.5) is 0 Å². The van der Waals surface area contributed by atoms with Crippen molar-refractivity contribution in [1.82, 2.24) is 10.2 Å². The van der Waals surface area contributed by atoms with Crippen LogP contribution in [0.25, 0.3) is 0 Å². The van der Waals surface area contributed by atoms with E-state index in [4.69, 9.17) is 0 Å². The number of rotatable bonds is 2. The summed E-state index contributed by atoms with van der Waals surface area (Å²) in [4.78, 5) is 14.2. The van der Waals surface area contributed by atoms with Gasteiger partial charge in [0.25, 0.3) is 0 Å². The van der Waals surface area contributed by atoms with Crippen molar-refractivity contribution in [3.63, 3.8) is 0 Å². The Morgan fingerprint density at radius 3 is 2.79 bits per heavy atom. The molecule has 0 radical (unpaired) electrons. The Bertz CT molecular complexity index is 445. The molecule has 2 rings (SSSR count). The van der Waals surface area contributed by atoms with Crippen molar-refractivity contribution in [2.45, 2.75) is 38.4 Å². The molecule has 6 heteroatoms. The fraction of sp³-hybridized carbons (Fsp3) is 0.923. The summed E-state index contributed by atoms with van der Waals surface area (Å²) in [6, 6.07) is 0. The van der Waals surface area contributed by atoms with Gasteiger partial charge in [0.2, 0.25) is 5.91 Å². The van der Waals surface area contributed by atoms with E-state index in [0.717, 1.165) is 19.4 Å². The smallest absolute Gasteiger partial charge is 0.229 e. The third-order valence-electron chi connectivity index (χ3n) is 4.13. The van der Waals surface area contributed by atoms with Gasteiger partial charge in [0, 0.05) is 26.2 Å². The van der Waals surface area contributed by atoms with Crippen molar-refractivity contribution < 1.29 is 13.2 Å². The largest absolute Gasteiger partial charge is 0.340 e. The first kappa shape index (κ1) is 14.8. The molecule has 0 spiro atoms. The lowest BCUT2D eigenvalue weighted by atomic mass is 9.92. The number of carbonyl (C=O) groups is 1. The van der Waals surface area contributed by atoms with Crippen LogP contribution in [0.3, 0.4) is 0 Å². The van der Waals surface area contributed by atoms with E-state index in [1.54, 1.807) is 4.90 Å². The summed E-state index contributed by atoms with van der Waals surface area (Å²) in [6.07, 6.45) is 2.41. The molecule has 0 bridgehead atoms. The second-order valence-corrected chi connectivity index (χ2v) is 8.70. The lowest BCUT2D eigenvalue weighted by Gasteiger charge is -2.32. The van der Waals surface area contributed by atoms with E-state index in [-0.39, 0.29) is 16.9 Å². The van der Waals surface area contributed by atoms with Gasteiger partial charge in [-0.05, 0) is 26.7 Å². The monoisotopic (exact) mass is 288 g/mol. The Morgan fingerprint density at radius 2 is 2.11 bits per heavy atom. The molecule has 1 amide bonds. The fourth-order valence-corrected chi connectivity index (χ4v) is 4.74. The molecule has 0 aromatic heterocycles. The van der Waals surface area contributed by atoms with Crippen molar-refractivity contribution >= 4 is 15.7 Å². The molecule has 0 aromatic rings. The number of carbonyl (C=O) groups excluding carboxylic acids is 1. The standard InChI is InChI=1S/C13H24N2O3S/c1-13(2)10-14-6-7-15(12(13)16)9-11-5-3-4-8-19(11,17)18/h11,14H,3-10H2,1-2H3. The highest BCUT2D eigenvalue weighted by atomic mass is 32.2. The van der Waals surface area contributed by atoms with Gasteiger partial charge in [0.05, 0.1) is 16.4 Å². The van der Waals surface area contributed by atoms with E-state index in [0.29, 0.717) is 26.1 Å². The maximum atomic E-state index is 12.4. The lowest BCUT2D eigenvalue weighted by Crippen LogP contribution is -2.47. The molecule has 0 saturated carbocycles. The van der Waals surface area contributed by atoms with Gasteiger partial charge in [-0.3, -0.25) is 4.79 Å². The molecule has 0 aromatic carbocycles. The van der Waals surface area contributed by atoms with E-state index in [2.05, 4.69) is 5.32 Å². The molecular weight excluding hydrogens is 264 g/mol. The Kier molecular flexibility index (Phi) is 4.20. The minimum Gasteiger partial charge on any atom is -0.340 e. The minimum absolute atomic E-state index is 0.0678. The summed E-state index contributed by atoms with van der Waals surface area (Å²) < 4.78 is 24.1. The van der Waals surface area contributed by atoms with E-state index in [1.807, 2.05) is 13.8 Å². The average Bonchev–Trinajstić information content (AvgIpc) is 2.44. The zero-order chi connectivity index (χ0) is 14.1. The van der Waals surface area contributed by atoms with Crippen molar-refractivity contribution in [1.29, 1.82) is 0 Å². The zero-order valence-corrected chi connectivity index (χ0v) is 12.6. The first-order valence-electron chi connectivity index (χ1n) is 7.05. The van der Waals surface area contributed by atoms with Crippen LogP contribution in [0.15, 0.2) is 0 Å². The van der Waals surface area contributed by atoms with Gasteiger partial charge in [-0.15, -0.1) is 0 Å². The van der Waals surface area contributed by atoms with Gasteiger partial charge < -0.3 is 10.2 Å². The highest BCUT2D eigenvalue weighted by molar-refractivity contribution is 7.92. The van der Waals surface area contributed by atoms with E-state index >= 15 is 0 Å². The third-order valence-corrected chi connectivity index (χ3v) is 6.39. The number of hydrogen-bond donors (Lipinski definition) is 1. The summed E-state index contributed by atoms with van der Waals surface area (Å²) >= 11 is 0. The molecular formula is C13H24N2O3S. The molecule has 5 nitrogen and oxygen atoms in total. The predicted octanol–water partition coefficient (Wildman–Crippen LogP) is 0.412. The molecule has 2 fully saturated rings. The number of amides is 1. The normalized spacial score (nSPS) is 30.9. The second-order valence-electron chi connectivity index (χ2n) is 6.30. The van der Waals surface area contributed by atoms with Gasteiger partial charge in [0.15, 0.2) is 9.84 Å². The summed E-state index contributed by atoms with van der Waals surface area (Å²) in [6.45, 7) is 6.19. The summed E-state index contributed by atoms with van der Waals surface area (Å²) in [5.41, 5.74) is -0.449. The molecule has 19 heavy (non-hydrogen) atoms. The maximum Gasteiger partial charge on any atom is 0.229 e. The van der Waals surface area contributed by atoms with Crippen molar-refractivity contribution in [3.8, 4) is 0 Å². The molecule has 1 unspecified atom stereocenters. The Balaban J connectivity index is 2.10. The van der Waals surface area contributed by atoms with Gasteiger partial charge in [-0.1, -0.05) is 6.42 Å². The van der Waals surface area contributed by atoms with Crippen LogP contribution in [0.2, 0.25) is 0 Å². The topological polar surface area (TPSA) is 66.5 Å². The van der Waals surface area contributed by atoms with Crippen molar-refractivity contribution in [2.75, 3.05) is 31.9 Å². The van der Waals surface area contributed by atoms with Gasteiger partial charge >= 0.3 is 0 Å². The van der Waals surface area contributed by atoms with E-state index < -0.39 is 15.3 Å². The molecule has 1 atom stereocenters. The molecule has 0 aliphatic carbocycles. The lowest BCUT2D eigenvalue weighted by molar-refractivity contribution is -0.138. The van der Waals surface area contributed by atoms with Crippen LogP contribution < -0.4 is 5.32 Å². The number of nitrogens with one attached hydrogen (secondary N) is 1. The molecule has 2 aliphatic rings. The average molecular weight is 288 g/mol. The van der Waals surface area contributed by atoms with E-state index in [1.165, 1.54) is 0 Å². The highest BCUT2D eigenvalue weighted by Gasteiger charge is 2.37. The van der Waals surface area contributed by atoms with Gasteiger partial charge in [0.1, 0.15) is 0 Å². The number of hydrogen-bond acceptors (Lipinski definition) is 4. The number of sulfone groups is 1. The maximum absolute atomic E-state index is 12.4. The Hall–Kier alpha value is -0.620. The first-order chi connectivity index (χ1) is 8.83.